The van der Waals surface area contributed by atoms with Crippen LogP contribution in [0, 0.1) is 0 Å². The molecule has 23 heavy (non-hydrogen) atoms. The van der Waals surface area contributed by atoms with E-state index in [1.807, 2.05) is 31.2 Å². The van der Waals surface area contributed by atoms with E-state index in [1.165, 1.54) is 11.1 Å². The fourth-order valence-corrected chi connectivity index (χ4v) is 2.67. The third-order valence-electron chi connectivity index (χ3n) is 3.82. The largest absolute Gasteiger partial charge is 0.490 e. The first-order valence-corrected chi connectivity index (χ1v) is 8.15. The number of hydrogen-bond acceptors (Lipinski definition) is 4. The van der Waals surface area contributed by atoms with E-state index in [0.717, 1.165) is 43.4 Å². The van der Waals surface area contributed by atoms with Gasteiger partial charge in [0.05, 0.1) is 19.8 Å². The summed E-state index contributed by atoms with van der Waals surface area (Å²) in [4.78, 5) is 0. The van der Waals surface area contributed by atoms with Gasteiger partial charge >= 0.3 is 0 Å². The molecule has 0 radical (unpaired) electrons. The van der Waals surface area contributed by atoms with Crippen molar-refractivity contribution in [3.8, 4) is 11.5 Å². The lowest BCUT2D eigenvalue weighted by Crippen LogP contribution is -2.14. The SMILES string of the molecule is CCOc1ccccc1OCCNc1ccc2c(c1)CCOC2. The van der Waals surface area contributed by atoms with Crippen molar-refractivity contribution in [2.75, 3.05) is 31.7 Å². The van der Waals surface area contributed by atoms with Crippen molar-refractivity contribution >= 4 is 5.69 Å². The van der Waals surface area contributed by atoms with E-state index in [-0.39, 0.29) is 0 Å². The molecule has 2 aromatic carbocycles. The molecule has 0 aliphatic carbocycles. The lowest BCUT2D eigenvalue weighted by atomic mass is 10.0. The Labute approximate surface area is 137 Å². The maximum absolute atomic E-state index is 5.82. The molecule has 1 aliphatic rings. The summed E-state index contributed by atoms with van der Waals surface area (Å²) in [6.45, 7) is 5.48. The number of benzene rings is 2. The van der Waals surface area contributed by atoms with Crippen LogP contribution in [0.1, 0.15) is 18.1 Å². The molecule has 0 bridgehead atoms. The molecule has 0 saturated carbocycles. The van der Waals surface area contributed by atoms with E-state index in [9.17, 15) is 0 Å². The van der Waals surface area contributed by atoms with Gasteiger partial charge in [0.2, 0.25) is 0 Å². The van der Waals surface area contributed by atoms with Crippen LogP contribution in [0.3, 0.4) is 0 Å². The molecule has 0 atom stereocenters. The molecule has 0 unspecified atom stereocenters. The van der Waals surface area contributed by atoms with Crippen molar-refractivity contribution in [3.05, 3.63) is 53.6 Å². The van der Waals surface area contributed by atoms with Gasteiger partial charge in [0, 0.05) is 12.2 Å². The number of hydrogen-bond donors (Lipinski definition) is 1. The van der Waals surface area contributed by atoms with Crippen molar-refractivity contribution in [3.63, 3.8) is 0 Å². The average molecular weight is 313 g/mol. The lowest BCUT2D eigenvalue weighted by Gasteiger charge is -2.18. The van der Waals surface area contributed by atoms with Crippen LogP contribution < -0.4 is 14.8 Å². The highest BCUT2D eigenvalue weighted by atomic mass is 16.5. The van der Waals surface area contributed by atoms with Gasteiger partial charge in [0.25, 0.3) is 0 Å². The standard InChI is InChI=1S/C19H23NO3/c1-2-22-18-5-3-4-6-19(18)23-12-10-20-17-8-7-16-14-21-11-9-15(16)13-17/h3-8,13,20H,2,9-12,14H2,1H3. The first kappa shape index (κ1) is 15.7. The third kappa shape index (κ3) is 4.17. The Morgan fingerprint density at radius 3 is 2.70 bits per heavy atom. The summed E-state index contributed by atoms with van der Waals surface area (Å²) in [5.74, 6) is 1.59. The zero-order valence-electron chi connectivity index (χ0n) is 13.5. The maximum atomic E-state index is 5.82. The molecule has 0 fully saturated rings. The van der Waals surface area contributed by atoms with Gasteiger partial charge in [-0.1, -0.05) is 18.2 Å². The van der Waals surface area contributed by atoms with Gasteiger partial charge < -0.3 is 19.5 Å². The zero-order chi connectivity index (χ0) is 15.9. The van der Waals surface area contributed by atoms with Crippen molar-refractivity contribution in [2.45, 2.75) is 20.0 Å². The summed E-state index contributed by atoms with van der Waals surface area (Å²) >= 11 is 0. The molecule has 1 heterocycles. The van der Waals surface area contributed by atoms with Gasteiger partial charge in [-0.3, -0.25) is 0 Å². The Hall–Kier alpha value is -2.20. The highest BCUT2D eigenvalue weighted by Gasteiger charge is 2.09. The van der Waals surface area contributed by atoms with Crippen LogP contribution in [0.15, 0.2) is 42.5 Å². The van der Waals surface area contributed by atoms with Gasteiger partial charge in [0.15, 0.2) is 11.5 Å². The summed E-state index contributed by atoms with van der Waals surface area (Å²) in [6, 6.07) is 14.2. The second-order valence-corrected chi connectivity index (χ2v) is 5.44. The van der Waals surface area contributed by atoms with E-state index in [4.69, 9.17) is 14.2 Å². The first-order chi connectivity index (χ1) is 11.4. The molecule has 0 saturated heterocycles. The lowest BCUT2D eigenvalue weighted by molar-refractivity contribution is 0.111. The Morgan fingerprint density at radius 1 is 1.04 bits per heavy atom. The predicted octanol–water partition coefficient (Wildman–Crippen LogP) is 3.65. The molecular weight excluding hydrogens is 290 g/mol. The van der Waals surface area contributed by atoms with Crippen LogP contribution in [-0.2, 0) is 17.8 Å². The van der Waals surface area contributed by atoms with Crippen LogP contribution in [0.25, 0.3) is 0 Å². The Morgan fingerprint density at radius 2 is 1.87 bits per heavy atom. The second-order valence-electron chi connectivity index (χ2n) is 5.44. The molecule has 2 aromatic rings. The average Bonchev–Trinajstić information content (AvgIpc) is 2.60. The zero-order valence-corrected chi connectivity index (χ0v) is 13.5. The quantitative estimate of drug-likeness (QED) is 0.792. The molecule has 0 aromatic heterocycles. The summed E-state index contributed by atoms with van der Waals surface area (Å²) in [7, 11) is 0. The van der Waals surface area contributed by atoms with Crippen molar-refractivity contribution in [2.24, 2.45) is 0 Å². The summed E-state index contributed by atoms with van der Waals surface area (Å²) in [6.07, 6.45) is 0.989. The molecule has 0 spiro atoms. The van der Waals surface area contributed by atoms with Crippen LogP contribution in [0.5, 0.6) is 11.5 Å². The molecule has 3 rings (SSSR count). The summed E-state index contributed by atoms with van der Waals surface area (Å²) in [5.41, 5.74) is 3.81. The monoisotopic (exact) mass is 313 g/mol. The fourth-order valence-electron chi connectivity index (χ4n) is 2.67. The molecule has 0 amide bonds. The van der Waals surface area contributed by atoms with Gasteiger partial charge in [-0.15, -0.1) is 0 Å². The van der Waals surface area contributed by atoms with Crippen molar-refractivity contribution < 1.29 is 14.2 Å². The molecular formula is C19H23NO3. The minimum absolute atomic E-state index is 0.588. The van der Waals surface area contributed by atoms with E-state index in [0.29, 0.717) is 13.2 Å². The maximum Gasteiger partial charge on any atom is 0.161 e. The van der Waals surface area contributed by atoms with Gasteiger partial charge in [-0.2, -0.15) is 0 Å². The Bertz CT molecular complexity index is 642. The second kappa shape index (κ2) is 7.88. The summed E-state index contributed by atoms with van der Waals surface area (Å²) in [5, 5.41) is 3.41. The molecule has 4 nitrogen and oxygen atoms in total. The van der Waals surface area contributed by atoms with Gasteiger partial charge in [-0.25, -0.2) is 0 Å². The van der Waals surface area contributed by atoms with Crippen LogP contribution >= 0.6 is 0 Å². The molecule has 1 N–H and O–H groups in total. The number of fused-ring (bicyclic) bond motifs is 1. The predicted molar refractivity (Wildman–Crippen MR) is 91.4 cm³/mol. The minimum atomic E-state index is 0.588. The Balaban J connectivity index is 1.50. The number of ether oxygens (including phenoxy) is 3. The van der Waals surface area contributed by atoms with E-state index >= 15 is 0 Å². The van der Waals surface area contributed by atoms with Crippen molar-refractivity contribution in [1.29, 1.82) is 0 Å². The minimum Gasteiger partial charge on any atom is -0.490 e. The highest BCUT2D eigenvalue weighted by molar-refractivity contribution is 5.49. The number of nitrogens with one attached hydrogen (secondary N) is 1. The van der Waals surface area contributed by atoms with E-state index < -0.39 is 0 Å². The van der Waals surface area contributed by atoms with Crippen LogP contribution in [-0.4, -0.2) is 26.4 Å². The summed E-state index contributed by atoms with van der Waals surface area (Å²) < 4.78 is 16.8. The van der Waals surface area contributed by atoms with E-state index in [2.05, 4.69) is 23.5 Å². The van der Waals surface area contributed by atoms with E-state index in [1.54, 1.807) is 0 Å². The number of anilines is 1. The third-order valence-corrected chi connectivity index (χ3v) is 3.82. The first-order valence-electron chi connectivity index (χ1n) is 8.15. The molecule has 4 heteroatoms. The molecule has 122 valence electrons. The van der Waals surface area contributed by atoms with Crippen LogP contribution in [0.4, 0.5) is 5.69 Å². The normalized spacial score (nSPS) is 13.3. The van der Waals surface area contributed by atoms with Gasteiger partial charge in [0.1, 0.15) is 6.61 Å². The fraction of sp³-hybridized carbons (Fsp3) is 0.368. The topological polar surface area (TPSA) is 39.7 Å². The Kier molecular flexibility index (Phi) is 5.37. The van der Waals surface area contributed by atoms with Crippen LogP contribution in [0.2, 0.25) is 0 Å². The number of para-hydroxylation sites is 2. The smallest absolute Gasteiger partial charge is 0.161 e. The van der Waals surface area contributed by atoms with Gasteiger partial charge in [-0.05, 0) is 48.7 Å². The highest BCUT2D eigenvalue weighted by Crippen LogP contribution is 2.26. The number of rotatable bonds is 7. The molecule has 1 aliphatic heterocycles. The van der Waals surface area contributed by atoms with Crippen molar-refractivity contribution in [1.82, 2.24) is 0 Å².